The molecule has 0 spiro atoms. The predicted molar refractivity (Wildman–Crippen MR) is 65.9 cm³/mol. The van der Waals surface area contributed by atoms with E-state index in [2.05, 4.69) is 4.98 Å². The number of carbonyl (C=O) groups is 1. The maximum absolute atomic E-state index is 10.8. The number of nitrogens with zero attached hydrogens (tertiary/aromatic N) is 1. The highest BCUT2D eigenvalue weighted by atomic mass is 32.2. The van der Waals surface area contributed by atoms with Crippen LogP contribution < -0.4 is 0 Å². The van der Waals surface area contributed by atoms with Gasteiger partial charge in [0.1, 0.15) is 11.5 Å². The second-order valence-electron chi connectivity index (χ2n) is 3.91. The summed E-state index contributed by atoms with van der Waals surface area (Å²) in [6, 6.07) is 1.54. The highest BCUT2D eigenvalue weighted by molar-refractivity contribution is 7.98. The van der Waals surface area contributed by atoms with Crippen LogP contribution in [0.4, 0.5) is 0 Å². The van der Waals surface area contributed by atoms with E-state index in [9.17, 15) is 4.79 Å². The smallest absolute Gasteiger partial charge is 0.371 e. The van der Waals surface area contributed by atoms with E-state index < -0.39 is 5.97 Å². The first-order chi connectivity index (χ1) is 8.47. The second kappa shape index (κ2) is 4.89. The van der Waals surface area contributed by atoms with Crippen molar-refractivity contribution in [1.82, 2.24) is 4.98 Å². The fraction of sp³-hybridized carbons (Fsp3) is 0.333. The van der Waals surface area contributed by atoms with Crippen LogP contribution in [0.15, 0.2) is 20.1 Å². The van der Waals surface area contributed by atoms with E-state index in [-0.39, 0.29) is 5.76 Å². The lowest BCUT2D eigenvalue weighted by Crippen LogP contribution is -1.91. The van der Waals surface area contributed by atoms with Gasteiger partial charge < -0.3 is 13.9 Å². The molecule has 2 aromatic heterocycles. The van der Waals surface area contributed by atoms with Gasteiger partial charge in [0.15, 0.2) is 0 Å². The van der Waals surface area contributed by atoms with E-state index in [4.69, 9.17) is 13.9 Å². The number of hydrogen-bond acceptors (Lipinski definition) is 5. The molecule has 2 rings (SSSR count). The lowest BCUT2D eigenvalue weighted by Gasteiger charge is -1.94. The highest BCUT2D eigenvalue weighted by Gasteiger charge is 2.14. The van der Waals surface area contributed by atoms with Crippen LogP contribution >= 0.6 is 11.8 Å². The van der Waals surface area contributed by atoms with Gasteiger partial charge in [0.2, 0.25) is 5.76 Å². The monoisotopic (exact) mass is 267 g/mol. The van der Waals surface area contributed by atoms with Gasteiger partial charge in [-0.1, -0.05) is 11.8 Å². The quantitative estimate of drug-likeness (QED) is 0.857. The van der Waals surface area contributed by atoms with Crippen LogP contribution in [0, 0.1) is 20.8 Å². The van der Waals surface area contributed by atoms with Gasteiger partial charge in [0.05, 0.1) is 5.69 Å². The Bertz CT molecular complexity index is 565. The minimum atomic E-state index is -1.06. The van der Waals surface area contributed by atoms with Crippen molar-refractivity contribution in [3.8, 4) is 0 Å². The molecule has 0 saturated carbocycles. The van der Waals surface area contributed by atoms with Gasteiger partial charge in [-0.15, -0.1) is 0 Å². The molecule has 0 bridgehead atoms. The Balaban J connectivity index is 2.08. The lowest BCUT2D eigenvalue weighted by molar-refractivity contribution is 0.0661. The molecule has 0 fully saturated rings. The van der Waals surface area contributed by atoms with Crippen LogP contribution in [-0.4, -0.2) is 16.1 Å². The number of furan rings is 1. The summed E-state index contributed by atoms with van der Waals surface area (Å²) in [6.45, 7) is 5.49. The van der Waals surface area contributed by atoms with Gasteiger partial charge in [-0.2, -0.15) is 0 Å². The average molecular weight is 267 g/mol. The molecule has 1 N–H and O–H groups in total. The molecule has 0 radical (unpaired) electrons. The largest absolute Gasteiger partial charge is 0.475 e. The number of thioether (sulfide) groups is 1. The van der Waals surface area contributed by atoms with Crippen molar-refractivity contribution in [2.75, 3.05) is 0 Å². The Kier molecular flexibility index (Phi) is 3.47. The third-order valence-electron chi connectivity index (χ3n) is 2.59. The molecule has 5 nitrogen and oxygen atoms in total. The zero-order chi connectivity index (χ0) is 13.3. The predicted octanol–water partition coefficient (Wildman–Crippen LogP) is 3.18. The summed E-state index contributed by atoms with van der Waals surface area (Å²) in [4.78, 5) is 15.0. The summed E-state index contributed by atoms with van der Waals surface area (Å²) in [6.07, 6.45) is 0. The van der Waals surface area contributed by atoms with Crippen molar-refractivity contribution in [2.24, 2.45) is 0 Å². The van der Waals surface area contributed by atoms with E-state index in [1.165, 1.54) is 17.8 Å². The molecule has 18 heavy (non-hydrogen) atoms. The molecule has 0 atom stereocenters. The van der Waals surface area contributed by atoms with Gasteiger partial charge >= 0.3 is 5.97 Å². The number of aryl methyl sites for hydroxylation is 3. The Morgan fingerprint density at radius 3 is 2.56 bits per heavy atom. The minimum absolute atomic E-state index is 0.0390. The Labute approximate surface area is 108 Å². The van der Waals surface area contributed by atoms with E-state index in [1.54, 1.807) is 6.92 Å². The first-order valence-corrected chi connectivity index (χ1v) is 6.35. The summed E-state index contributed by atoms with van der Waals surface area (Å²) in [5, 5.41) is 9.40. The molecule has 0 aliphatic rings. The number of aromatic nitrogens is 1. The van der Waals surface area contributed by atoms with Gasteiger partial charge in [-0.3, -0.25) is 0 Å². The van der Waals surface area contributed by atoms with Crippen molar-refractivity contribution in [3.05, 3.63) is 34.6 Å². The molecule has 0 unspecified atom stereocenters. The third kappa shape index (κ3) is 2.59. The molecule has 0 aliphatic heterocycles. The molecule has 6 heteroatoms. The first kappa shape index (κ1) is 12.8. The fourth-order valence-electron chi connectivity index (χ4n) is 1.41. The molecule has 0 amide bonds. The van der Waals surface area contributed by atoms with Crippen LogP contribution in [0.5, 0.6) is 0 Å². The van der Waals surface area contributed by atoms with Crippen molar-refractivity contribution in [3.63, 3.8) is 0 Å². The van der Waals surface area contributed by atoms with Gasteiger partial charge in [-0.05, 0) is 26.8 Å². The molecular formula is C12H13NO4S. The van der Waals surface area contributed by atoms with E-state index in [0.717, 1.165) is 17.0 Å². The molecule has 0 aliphatic carbocycles. The van der Waals surface area contributed by atoms with E-state index in [1.807, 2.05) is 13.8 Å². The van der Waals surface area contributed by atoms with Crippen LogP contribution in [0.3, 0.4) is 0 Å². The van der Waals surface area contributed by atoms with Crippen LogP contribution in [0.25, 0.3) is 0 Å². The van der Waals surface area contributed by atoms with Gasteiger partial charge in [-0.25, -0.2) is 9.78 Å². The topological polar surface area (TPSA) is 76.5 Å². The van der Waals surface area contributed by atoms with Crippen molar-refractivity contribution >= 4 is 17.7 Å². The third-order valence-corrected chi connectivity index (χ3v) is 3.47. The SMILES string of the molecule is Cc1nc(SCc2cc(C(=O)O)oc2C)oc1C. The summed E-state index contributed by atoms with van der Waals surface area (Å²) >= 11 is 1.42. The Hall–Kier alpha value is -1.69. The number of oxazole rings is 1. The van der Waals surface area contributed by atoms with E-state index >= 15 is 0 Å². The Morgan fingerprint density at radius 2 is 2.06 bits per heavy atom. The van der Waals surface area contributed by atoms with E-state index in [0.29, 0.717) is 16.7 Å². The molecule has 2 aromatic rings. The normalized spacial score (nSPS) is 10.8. The number of carboxylic acids is 1. The fourth-order valence-corrected chi connectivity index (χ4v) is 2.36. The van der Waals surface area contributed by atoms with Crippen molar-refractivity contribution < 1.29 is 18.7 Å². The number of rotatable bonds is 4. The summed E-state index contributed by atoms with van der Waals surface area (Å²) in [5.41, 5.74) is 1.71. The maximum atomic E-state index is 10.8. The standard InChI is InChI=1S/C12H13NO4S/c1-6-7(2)17-12(13-6)18-5-9-4-10(11(14)15)16-8(9)3/h4H,5H2,1-3H3,(H,14,15). The zero-order valence-electron chi connectivity index (χ0n) is 10.3. The summed E-state index contributed by atoms with van der Waals surface area (Å²) < 4.78 is 10.6. The van der Waals surface area contributed by atoms with Crippen LogP contribution in [0.1, 0.15) is 33.3 Å². The van der Waals surface area contributed by atoms with Crippen LogP contribution in [0.2, 0.25) is 0 Å². The molecule has 0 saturated heterocycles. The summed E-state index contributed by atoms with van der Waals surface area (Å²) in [7, 11) is 0. The van der Waals surface area contributed by atoms with Crippen molar-refractivity contribution in [1.29, 1.82) is 0 Å². The first-order valence-electron chi connectivity index (χ1n) is 5.37. The molecule has 2 heterocycles. The second-order valence-corrected chi connectivity index (χ2v) is 4.83. The van der Waals surface area contributed by atoms with Gasteiger partial charge in [0.25, 0.3) is 5.22 Å². The number of carboxylic acid groups (broad SMARTS) is 1. The van der Waals surface area contributed by atoms with Crippen molar-refractivity contribution in [2.45, 2.75) is 31.7 Å². The van der Waals surface area contributed by atoms with Gasteiger partial charge in [0, 0.05) is 11.3 Å². The summed E-state index contributed by atoms with van der Waals surface area (Å²) in [5.74, 6) is 0.884. The molecule has 0 aromatic carbocycles. The number of aromatic carboxylic acids is 1. The lowest BCUT2D eigenvalue weighted by atomic mass is 10.3. The average Bonchev–Trinajstić information content (AvgIpc) is 2.81. The Morgan fingerprint density at radius 1 is 1.33 bits per heavy atom. The highest BCUT2D eigenvalue weighted by Crippen LogP contribution is 2.26. The maximum Gasteiger partial charge on any atom is 0.371 e. The minimum Gasteiger partial charge on any atom is -0.475 e. The zero-order valence-corrected chi connectivity index (χ0v) is 11.1. The van der Waals surface area contributed by atoms with Crippen LogP contribution in [-0.2, 0) is 5.75 Å². The molecular weight excluding hydrogens is 254 g/mol. The number of hydrogen-bond donors (Lipinski definition) is 1. The molecule has 96 valence electrons.